The lowest BCUT2D eigenvalue weighted by Gasteiger charge is -2.03. The van der Waals surface area contributed by atoms with Crippen LogP contribution in [-0.2, 0) is 11.3 Å². The Labute approximate surface area is 128 Å². The second-order valence-electron chi connectivity index (χ2n) is 4.68. The highest BCUT2D eigenvalue weighted by atomic mass is 16.6. The third-order valence-electron chi connectivity index (χ3n) is 3.10. The number of hydrogen-bond acceptors (Lipinski definition) is 8. The summed E-state index contributed by atoms with van der Waals surface area (Å²) in [6.45, 7) is 4.08. The molecule has 23 heavy (non-hydrogen) atoms. The highest BCUT2D eigenvalue weighted by Crippen LogP contribution is 2.29. The topological polar surface area (TPSA) is 159 Å². The molecule has 0 radical (unpaired) electrons. The SMILES string of the molecule is Cc1noc(C)c1NC(=O)Cn1nc([N+](=O)[O-])c([N+](=O)[O-])c1C. The second kappa shape index (κ2) is 5.82. The molecule has 2 aromatic heterocycles. The van der Waals surface area contributed by atoms with Gasteiger partial charge in [0, 0.05) is 0 Å². The first-order valence-corrected chi connectivity index (χ1v) is 6.31. The van der Waals surface area contributed by atoms with Gasteiger partial charge in [0.2, 0.25) is 5.91 Å². The quantitative estimate of drug-likeness (QED) is 0.635. The average Bonchev–Trinajstić information content (AvgIpc) is 2.94. The van der Waals surface area contributed by atoms with Gasteiger partial charge < -0.3 is 20.0 Å². The number of nitrogens with zero attached hydrogens (tertiary/aromatic N) is 5. The molecule has 2 rings (SSSR count). The highest BCUT2D eigenvalue weighted by Gasteiger charge is 2.35. The number of hydrogen-bond donors (Lipinski definition) is 1. The van der Waals surface area contributed by atoms with Gasteiger partial charge in [-0.2, -0.15) is 4.68 Å². The lowest BCUT2D eigenvalue weighted by Crippen LogP contribution is -2.21. The standard InChI is InChI=1S/C11H12N6O6/c1-5-9(7(3)23-14-5)12-8(18)4-15-6(2)10(16(19)20)11(13-15)17(21)22/h4H2,1-3H3,(H,12,18). The minimum absolute atomic E-state index is 0.0874. The zero-order chi connectivity index (χ0) is 17.3. The number of aromatic nitrogens is 3. The largest absolute Gasteiger partial charge is 0.468 e. The number of anilines is 1. The van der Waals surface area contributed by atoms with Crippen LogP contribution in [0.2, 0.25) is 0 Å². The van der Waals surface area contributed by atoms with Crippen molar-refractivity contribution in [3.05, 3.63) is 37.4 Å². The van der Waals surface area contributed by atoms with E-state index in [2.05, 4.69) is 15.6 Å². The van der Waals surface area contributed by atoms with E-state index < -0.39 is 33.8 Å². The fourth-order valence-corrected chi connectivity index (χ4v) is 1.99. The summed E-state index contributed by atoms with van der Waals surface area (Å²) in [6.07, 6.45) is 0. The molecule has 2 heterocycles. The molecule has 0 aromatic carbocycles. The van der Waals surface area contributed by atoms with Crippen molar-refractivity contribution in [2.24, 2.45) is 0 Å². The van der Waals surface area contributed by atoms with Gasteiger partial charge in [0.25, 0.3) is 0 Å². The summed E-state index contributed by atoms with van der Waals surface area (Å²) in [6, 6.07) is 0. The van der Waals surface area contributed by atoms with E-state index in [1.165, 1.54) is 6.92 Å². The maximum Gasteiger partial charge on any atom is 0.468 e. The van der Waals surface area contributed by atoms with E-state index in [9.17, 15) is 25.0 Å². The molecule has 0 aliphatic rings. The molecule has 2 aromatic rings. The van der Waals surface area contributed by atoms with Gasteiger partial charge in [0.15, 0.2) is 5.76 Å². The first-order valence-electron chi connectivity index (χ1n) is 6.31. The summed E-state index contributed by atoms with van der Waals surface area (Å²) in [4.78, 5) is 31.9. The molecule has 0 fully saturated rings. The predicted octanol–water partition coefficient (Wildman–Crippen LogP) is 1.25. The molecule has 0 aliphatic heterocycles. The van der Waals surface area contributed by atoms with Gasteiger partial charge in [0.05, 0.1) is 10.0 Å². The van der Waals surface area contributed by atoms with Crippen molar-refractivity contribution in [2.45, 2.75) is 27.3 Å². The molecule has 12 heteroatoms. The third kappa shape index (κ3) is 3.00. The van der Waals surface area contributed by atoms with Crippen LogP contribution in [0, 0.1) is 41.0 Å². The van der Waals surface area contributed by atoms with E-state index in [-0.39, 0.29) is 5.69 Å². The van der Waals surface area contributed by atoms with Gasteiger partial charge in [-0.25, -0.2) is 0 Å². The van der Waals surface area contributed by atoms with Gasteiger partial charge in [-0.1, -0.05) is 5.16 Å². The molecule has 1 N–H and O–H groups in total. The Hall–Kier alpha value is -3.31. The van der Waals surface area contributed by atoms with E-state index in [1.54, 1.807) is 13.8 Å². The summed E-state index contributed by atoms with van der Waals surface area (Å²) in [7, 11) is 0. The van der Waals surface area contributed by atoms with E-state index in [0.29, 0.717) is 17.1 Å². The molecule has 0 atom stereocenters. The lowest BCUT2D eigenvalue weighted by atomic mass is 10.3. The zero-order valence-electron chi connectivity index (χ0n) is 12.4. The number of rotatable bonds is 5. The third-order valence-corrected chi connectivity index (χ3v) is 3.10. The monoisotopic (exact) mass is 324 g/mol. The Morgan fingerprint density at radius 1 is 1.26 bits per heavy atom. The van der Waals surface area contributed by atoms with Crippen LogP contribution < -0.4 is 5.32 Å². The van der Waals surface area contributed by atoms with Crippen LogP contribution >= 0.6 is 0 Å². The number of carbonyl (C=O) groups excluding carboxylic acids is 1. The highest BCUT2D eigenvalue weighted by molar-refractivity contribution is 5.91. The minimum atomic E-state index is -0.964. The fraction of sp³-hybridized carbons (Fsp3) is 0.364. The molecule has 122 valence electrons. The van der Waals surface area contributed by atoms with Gasteiger partial charge in [-0.3, -0.25) is 14.9 Å². The molecular weight excluding hydrogens is 312 g/mol. The van der Waals surface area contributed by atoms with Crippen molar-refractivity contribution < 1.29 is 19.2 Å². The second-order valence-corrected chi connectivity index (χ2v) is 4.68. The van der Waals surface area contributed by atoms with Crippen LogP contribution in [0.25, 0.3) is 0 Å². The molecule has 12 nitrogen and oxygen atoms in total. The average molecular weight is 324 g/mol. The Morgan fingerprint density at radius 3 is 2.35 bits per heavy atom. The van der Waals surface area contributed by atoms with Crippen molar-refractivity contribution in [1.82, 2.24) is 14.9 Å². The Balaban J connectivity index is 2.27. The predicted molar refractivity (Wildman–Crippen MR) is 74.9 cm³/mol. The first-order chi connectivity index (χ1) is 10.7. The number of amides is 1. The Bertz CT molecular complexity index is 787. The van der Waals surface area contributed by atoms with Gasteiger partial charge in [-0.05, 0) is 25.7 Å². The molecule has 0 bridgehead atoms. The fourth-order valence-electron chi connectivity index (χ4n) is 1.99. The summed E-state index contributed by atoms with van der Waals surface area (Å²) >= 11 is 0. The maximum absolute atomic E-state index is 12.0. The smallest absolute Gasteiger partial charge is 0.359 e. The van der Waals surface area contributed by atoms with E-state index >= 15 is 0 Å². The van der Waals surface area contributed by atoms with Crippen LogP contribution in [0.1, 0.15) is 17.1 Å². The minimum Gasteiger partial charge on any atom is -0.359 e. The first kappa shape index (κ1) is 16.1. The van der Waals surface area contributed by atoms with Crippen LogP contribution in [0.15, 0.2) is 4.52 Å². The normalized spacial score (nSPS) is 10.6. The van der Waals surface area contributed by atoms with Crippen LogP contribution in [0.5, 0.6) is 0 Å². The number of nitrogens with one attached hydrogen (secondary N) is 1. The van der Waals surface area contributed by atoms with E-state index in [4.69, 9.17) is 4.52 Å². The maximum atomic E-state index is 12.0. The van der Waals surface area contributed by atoms with Gasteiger partial charge in [0.1, 0.15) is 23.6 Å². The van der Waals surface area contributed by atoms with Gasteiger partial charge in [-0.15, -0.1) is 0 Å². The molecule has 1 amide bonds. The molecule has 0 saturated heterocycles. The summed E-state index contributed by atoms with van der Waals surface area (Å²) < 4.78 is 5.80. The van der Waals surface area contributed by atoms with Crippen molar-refractivity contribution in [3.63, 3.8) is 0 Å². The van der Waals surface area contributed by atoms with Crippen molar-refractivity contribution in [3.8, 4) is 0 Å². The van der Waals surface area contributed by atoms with Crippen molar-refractivity contribution in [2.75, 3.05) is 5.32 Å². The molecule has 0 aliphatic carbocycles. The summed E-state index contributed by atoms with van der Waals surface area (Å²) in [5.41, 5.74) is 0.0181. The Morgan fingerprint density at radius 2 is 1.91 bits per heavy atom. The van der Waals surface area contributed by atoms with Crippen LogP contribution in [0.3, 0.4) is 0 Å². The molecule has 0 saturated carbocycles. The van der Waals surface area contributed by atoms with Gasteiger partial charge >= 0.3 is 11.5 Å². The Kier molecular flexibility index (Phi) is 4.07. The number of carbonyl (C=O) groups is 1. The van der Waals surface area contributed by atoms with Crippen molar-refractivity contribution in [1.29, 1.82) is 0 Å². The summed E-state index contributed by atoms with van der Waals surface area (Å²) in [5.74, 6) is -1.09. The number of nitro groups is 2. The van der Waals surface area contributed by atoms with Crippen molar-refractivity contribution >= 4 is 23.1 Å². The summed E-state index contributed by atoms with van der Waals surface area (Å²) in [5, 5.41) is 31.5. The molecular formula is C11H12N6O6. The zero-order valence-corrected chi connectivity index (χ0v) is 12.4. The van der Waals surface area contributed by atoms with Crippen LogP contribution in [-0.4, -0.2) is 30.7 Å². The van der Waals surface area contributed by atoms with Crippen LogP contribution in [0.4, 0.5) is 17.2 Å². The number of aryl methyl sites for hydroxylation is 2. The van der Waals surface area contributed by atoms with E-state index in [0.717, 1.165) is 4.68 Å². The lowest BCUT2D eigenvalue weighted by molar-refractivity contribution is -0.424. The molecule has 0 spiro atoms. The molecule has 0 unspecified atom stereocenters. The van der Waals surface area contributed by atoms with E-state index in [1.807, 2.05) is 0 Å².